The van der Waals surface area contributed by atoms with Gasteiger partial charge in [-0.2, -0.15) is 5.10 Å². The van der Waals surface area contributed by atoms with Gasteiger partial charge >= 0.3 is 0 Å². The number of hydrazone groups is 1. The average Bonchev–Trinajstić information content (AvgIpc) is 2.79. The third kappa shape index (κ3) is 6.57. The summed E-state index contributed by atoms with van der Waals surface area (Å²) >= 11 is 0. The fourth-order valence-electron chi connectivity index (χ4n) is 3.44. The summed E-state index contributed by atoms with van der Waals surface area (Å²) in [6.45, 7) is 5.74. The summed E-state index contributed by atoms with van der Waals surface area (Å²) in [5.74, 6) is 1.19. The van der Waals surface area contributed by atoms with Gasteiger partial charge in [0.15, 0.2) is 11.5 Å². The van der Waals surface area contributed by atoms with Gasteiger partial charge in [-0.25, -0.2) is 5.43 Å². The van der Waals surface area contributed by atoms with Crippen LogP contribution in [0.15, 0.2) is 53.6 Å². The molecular formula is C23H30N4O3. The van der Waals surface area contributed by atoms with Crippen LogP contribution in [0, 0.1) is 0 Å². The van der Waals surface area contributed by atoms with Crippen molar-refractivity contribution in [3.63, 3.8) is 0 Å². The predicted molar refractivity (Wildman–Crippen MR) is 118 cm³/mol. The van der Waals surface area contributed by atoms with Gasteiger partial charge in [0.05, 0.1) is 20.4 Å². The molecule has 1 aliphatic heterocycles. The lowest BCUT2D eigenvalue weighted by atomic mass is 10.2. The van der Waals surface area contributed by atoms with Gasteiger partial charge in [0.25, 0.3) is 0 Å². The highest BCUT2D eigenvalue weighted by Gasteiger charge is 2.17. The van der Waals surface area contributed by atoms with Gasteiger partial charge in [0.2, 0.25) is 5.91 Å². The Morgan fingerprint density at radius 1 is 1.00 bits per heavy atom. The SMILES string of the molecule is COc1ccc(/C=N\NC(=O)CCN2CCN(Cc3ccccc3)CC2)cc1OC. The van der Waals surface area contributed by atoms with Gasteiger partial charge in [-0.1, -0.05) is 30.3 Å². The van der Waals surface area contributed by atoms with E-state index in [1.807, 2.05) is 18.2 Å². The molecular weight excluding hydrogens is 380 g/mol. The maximum atomic E-state index is 12.1. The molecule has 0 radical (unpaired) electrons. The van der Waals surface area contributed by atoms with Crippen LogP contribution in [0.2, 0.25) is 0 Å². The number of nitrogens with one attached hydrogen (secondary N) is 1. The van der Waals surface area contributed by atoms with Crippen molar-refractivity contribution in [2.45, 2.75) is 13.0 Å². The fraction of sp³-hybridized carbons (Fsp3) is 0.391. The van der Waals surface area contributed by atoms with Crippen molar-refractivity contribution in [1.82, 2.24) is 15.2 Å². The maximum Gasteiger partial charge on any atom is 0.241 e. The molecule has 0 spiro atoms. The highest BCUT2D eigenvalue weighted by Crippen LogP contribution is 2.26. The number of nitrogens with zero attached hydrogens (tertiary/aromatic N) is 3. The number of benzene rings is 2. The van der Waals surface area contributed by atoms with E-state index in [1.165, 1.54) is 5.56 Å². The Morgan fingerprint density at radius 3 is 2.40 bits per heavy atom. The minimum atomic E-state index is -0.0848. The molecule has 30 heavy (non-hydrogen) atoms. The van der Waals surface area contributed by atoms with Gasteiger partial charge in [-0.15, -0.1) is 0 Å². The highest BCUT2D eigenvalue weighted by molar-refractivity contribution is 5.83. The smallest absolute Gasteiger partial charge is 0.241 e. The Balaban J connectivity index is 1.36. The van der Waals surface area contributed by atoms with Crippen molar-refractivity contribution in [1.29, 1.82) is 0 Å². The number of piperazine rings is 1. The van der Waals surface area contributed by atoms with E-state index in [0.717, 1.165) is 44.8 Å². The monoisotopic (exact) mass is 410 g/mol. The molecule has 1 saturated heterocycles. The molecule has 0 unspecified atom stereocenters. The molecule has 1 aliphatic rings. The fourth-order valence-corrected chi connectivity index (χ4v) is 3.44. The molecule has 1 amide bonds. The summed E-state index contributed by atoms with van der Waals surface area (Å²) in [6.07, 6.45) is 2.03. The van der Waals surface area contributed by atoms with Crippen molar-refractivity contribution < 1.29 is 14.3 Å². The summed E-state index contributed by atoms with van der Waals surface area (Å²) in [4.78, 5) is 16.9. The van der Waals surface area contributed by atoms with Crippen LogP contribution in [0.5, 0.6) is 11.5 Å². The Labute approximate surface area is 178 Å². The van der Waals surface area contributed by atoms with E-state index in [0.29, 0.717) is 17.9 Å². The number of hydrogen-bond acceptors (Lipinski definition) is 6. The standard InChI is InChI=1S/C23H30N4O3/c1-29-21-9-8-20(16-22(21)30-2)17-24-25-23(28)10-11-26-12-14-27(15-13-26)18-19-6-4-3-5-7-19/h3-9,16-17H,10-15,18H2,1-2H3,(H,25,28)/b24-17-. The van der Waals surface area contributed by atoms with Crippen LogP contribution < -0.4 is 14.9 Å². The zero-order chi connectivity index (χ0) is 21.2. The third-order valence-electron chi connectivity index (χ3n) is 5.18. The van der Waals surface area contributed by atoms with E-state index in [-0.39, 0.29) is 5.91 Å². The molecule has 7 nitrogen and oxygen atoms in total. The van der Waals surface area contributed by atoms with Crippen molar-refractivity contribution >= 4 is 12.1 Å². The zero-order valence-electron chi connectivity index (χ0n) is 17.7. The van der Waals surface area contributed by atoms with Gasteiger partial charge < -0.3 is 14.4 Å². The molecule has 3 rings (SSSR count). The average molecular weight is 411 g/mol. The largest absolute Gasteiger partial charge is 0.493 e. The lowest BCUT2D eigenvalue weighted by molar-refractivity contribution is -0.121. The number of amides is 1. The third-order valence-corrected chi connectivity index (χ3v) is 5.18. The van der Waals surface area contributed by atoms with Crippen LogP contribution in [0.1, 0.15) is 17.5 Å². The van der Waals surface area contributed by atoms with Crippen molar-refractivity contribution in [3.8, 4) is 11.5 Å². The Kier molecular flexibility index (Phi) is 8.23. The first-order valence-electron chi connectivity index (χ1n) is 10.2. The van der Waals surface area contributed by atoms with Crippen molar-refractivity contribution in [3.05, 3.63) is 59.7 Å². The van der Waals surface area contributed by atoms with Crippen LogP contribution in [-0.2, 0) is 11.3 Å². The first-order valence-corrected chi connectivity index (χ1v) is 10.2. The maximum absolute atomic E-state index is 12.1. The summed E-state index contributed by atoms with van der Waals surface area (Å²) in [6, 6.07) is 16.0. The molecule has 1 heterocycles. The molecule has 2 aromatic carbocycles. The summed E-state index contributed by atoms with van der Waals surface area (Å²) < 4.78 is 10.5. The second-order valence-electron chi connectivity index (χ2n) is 7.26. The minimum Gasteiger partial charge on any atom is -0.493 e. The molecule has 1 N–H and O–H groups in total. The minimum absolute atomic E-state index is 0.0848. The van der Waals surface area contributed by atoms with E-state index in [1.54, 1.807) is 26.5 Å². The number of methoxy groups -OCH3 is 2. The van der Waals surface area contributed by atoms with E-state index < -0.39 is 0 Å². The van der Waals surface area contributed by atoms with Crippen molar-refractivity contribution in [2.24, 2.45) is 5.10 Å². The van der Waals surface area contributed by atoms with E-state index in [4.69, 9.17) is 9.47 Å². The van der Waals surface area contributed by atoms with Crippen LogP contribution in [-0.4, -0.2) is 68.9 Å². The van der Waals surface area contributed by atoms with E-state index in [2.05, 4.69) is 44.6 Å². The highest BCUT2D eigenvalue weighted by atomic mass is 16.5. The number of rotatable bonds is 9. The van der Waals surface area contributed by atoms with Crippen LogP contribution in [0.3, 0.4) is 0 Å². The van der Waals surface area contributed by atoms with Gasteiger partial charge in [-0.05, 0) is 29.3 Å². The summed E-state index contributed by atoms with van der Waals surface area (Å²) in [7, 11) is 3.18. The Hall–Kier alpha value is -2.90. The second kappa shape index (κ2) is 11.3. The number of carbonyl (C=O) groups excluding carboxylic acids is 1. The molecule has 0 aliphatic carbocycles. The molecule has 0 saturated carbocycles. The molecule has 160 valence electrons. The van der Waals surface area contributed by atoms with E-state index >= 15 is 0 Å². The molecule has 0 atom stereocenters. The lowest BCUT2D eigenvalue weighted by Crippen LogP contribution is -2.46. The predicted octanol–water partition coefficient (Wildman–Crippen LogP) is 2.36. The summed E-state index contributed by atoms with van der Waals surface area (Å²) in [5.41, 5.74) is 4.77. The Bertz CT molecular complexity index is 834. The Morgan fingerprint density at radius 2 is 1.70 bits per heavy atom. The number of ether oxygens (including phenoxy) is 2. The summed E-state index contributed by atoms with van der Waals surface area (Å²) in [5, 5.41) is 4.05. The van der Waals surface area contributed by atoms with Gasteiger partial charge in [0.1, 0.15) is 0 Å². The first kappa shape index (κ1) is 21.8. The second-order valence-corrected chi connectivity index (χ2v) is 7.26. The molecule has 0 bridgehead atoms. The normalized spacial score (nSPS) is 15.3. The number of carbonyl (C=O) groups is 1. The molecule has 7 heteroatoms. The molecule has 0 aromatic heterocycles. The first-order chi connectivity index (χ1) is 14.7. The lowest BCUT2D eigenvalue weighted by Gasteiger charge is -2.34. The van der Waals surface area contributed by atoms with Gasteiger partial charge in [-0.3, -0.25) is 9.69 Å². The van der Waals surface area contributed by atoms with Crippen LogP contribution in [0.4, 0.5) is 0 Å². The molecule has 1 fully saturated rings. The van der Waals surface area contributed by atoms with Crippen LogP contribution in [0.25, 0.3) is 0 Å². The molecule has 2 aromatic rings. The zero-order valence-corrected chi connectivity index (χ0v) is 17.7. The van der Waals surface area contributed by atoms with Crippen molar-refractivity contribution in [2.75, 3.05) is 46.9 Å². The topological polar surface area (TPSA) is 66.4 Å². The van der Waals surface area contributed by atoms with Gasteiger partial charge in [0, 0.05) is 45.7 Å². The quantitative estimate of drug-likeness (QED) is 0.508. The number of hydrogen-bond donors (Lipinski definition) is 1. The van der Waals surface area contributed by atoms with Crippen LogP contribution >= 0.6 is 0 Å². The van der Waals surface area contributed by atoms with E-state index in [9.17, 15) is 4.79 Å².